The highest BCUT2D eigenvalue weighted by Crippen LogP contribution is 2.41. The van der Waals surface area contributed by atoms with Crippen molar-refractivity contribution in [2.24, 2.45) is 0 Å². The van der Waals surface area contributed by atoms with Crippen LogP contribution in [0.2, 0.25) is 0 Å². The van der Waals surface area contributed by atoms with Crippen LogP contribution in [0.15, 0.2) is 182 Å². The maximum Gasteiger partial charge on any atom is -0.00132 e. The molecule has 0 saturated carbocycles. The van der Waals surface area contributed by atoms with E-state index in [-0.39, 0.29) is 0 Å². The molecule has 0 heterocycles. The average molecular weight is 1010 g/mol. The lowest BCUT2D eigenvalue weighted by molar-refractivity contribution is 1.20. The molecular formula is C75H108. The van der Waals surface area contributed by atoms with Gasteiger partial charge < -0.3 is 0 Å². The molecule has 9 aromatic rings. The van der Waals surface area contributed by atoms with Gasteiger partial charge in [-0.05, 0) is 118 Å². The highest BCUT2D eigenvalue weighted by molar-refractivity contribution is 6.03. The van der Waals surface area contributed by atoms with Gasteiger partial charge in [0.2, 0.25) is 0 Å². The smallest absolute Gasteiger partial charge is 0.00132 e. The van der Waals surface area contributed by atoms with E-state index in [1.807, 2.05) is 166 Å². The fraction of sp³-hybridized carbons (Fsp3) is 0.360. The Kier molecular flexibility index (Phi) is 45.1. The predicted octanol–water partition coefficient (Wildman–Crippen LogP) is 25.5. The average Bonchev–Trinajstić information content (AvgIpc) is 3.54. The van der Waals surface area contributed by atoms with Gasteiger partial charge in [-0.15, -0.1) is 0 Å². The Labute approximate surface area is 464 Å². The van der Waals surface area contributed by atoms with Gasteiger partial charge >= 0.3 is 0 Å². The molecular weight excluding hydrogens is 901 g/mol. The molecule has 0 heteroatoms. The second-order valence-electron chi connectivity index (χ2n) is 14.0. The molecule has 0 atom stereocenters. The summed E-state index contributed by atoms with van der Waals surface area (Å²) in [5.74, 6) is 0. The monoisotopic (exact) mass is 1010 g/mol. The zero-order valence-electron chi connectivity index (χ0n) is 52.4. The van der Waals surface area contributed by atoms with Crippen molar-refractivity contribution in [3.63, 3.8) is 0 Å². The molecule has 0 spiro atoms. The third kappa shape index (κ3) is 19.4. The summed E-state index contributed by atoms with van der Waals surface area (Å²) in [7, 11) is 0. The van der Waals surface area contributed by atoms with Gasteiger partial charge in [-0.3, -0.25) is 0 Å². The zero-order valence-corrected chi connectivity index (χ0v) is 52.4. The standard InChI is InChI=1S/3C17H12.12C2H6/c3*1-2-9-15-13(5-1)11-14-8-3-6-12-7-4-10-16(15)17(12)14;12*1-2/h3*1-10H,11H2;12*1-2H3. The van der Waals surface area contributed by atoms with Gasteiger partial charge in [0.15, 0.2) is 0 Å². The third-order valence-electron chi connectivity index (χ3n) is 11.0. The maximum absolute atomic E-state index is 2.25. The molecule has 12 rings (SSSR count). The highest BCUT2D eigenvalue weighted by atomic mass is 14.2. The van der Waals surface area contributed by atoms with Crippen molar-refractivity contribution >= 4 is 32.3 Å². The Morgan fingerprint density at radius 3 is 0.533 bits per heavy atom. The zero-order chi connectivity index (χ0) is 57.7. The summed E-state index contributed by atoms with van der Waals surface area (Å²) < 4.78 is 0. The molecule has 0 fully saturated rings. The number of fused-ring (bicyclic) bond motifs is 6. The molecule has 0 unspecified atom stereocenters. The van der Waals surface area contributed by atoms with E-state index in [2.05, 4.69) is 182 Å². The van der Waals surface area contributed by atoms with Crippen molar-refractivity contribution in [1.29, 1.82) is 0 Å². The number of rotatable bonds is 0. The Hall–Kier alpha value is -6.24. The Bertz CT molecular complexity index is 2460. The first-order valence-corrected chi connectivity index (χ1v) is 30.1. The van der Waals surface area contributed by atoms with Crippen LogP contribution in [0.5, 0.6) is 0 Å². The van der Waals surface area contributed by atoms with Crippen molar-refractivity contribution in [3.05, 3.63) is 215 Å². The second-order valence-corrected chi connectivity index (χ2v) is 14.0. The molecule has 75 heavy (non-hydrogen) atoms. The van der Waals surface area contributed by atoms with E-state index >= 15 is 0 Å². The van der Waals surface area contributed by atoms with Gasteiger partial charge in [-0.1, -0.05) is 348 Å². The minimum atomic E-state index is 1.06. The van der Waals surface area contributed by atoms with E-state index in [4.69, 9.17) is 0 Å². The van der Waals surface area contributed by atoms with Gasteiger partial charge in [0, 0.05) is 0 Å². The van der Waals surface area contributed by atoms with Crippen molar-refractivity contribution in [3.8, 4) is 33.4 Å². The summed E-state index contributed by atoms with van der Waals surface area (Å²) in [5.41, 5.74) is 17.1. The summed E-state index contributed by atoms with van der Waals surface area (Å²) in [6.45, 7) is 48.0. The lowest BCUT2D eigenvalue weighted by Crippen LogP contribution is -2.00. The molecule has 0 radical (unpaired) electrons. The van der Waals surface area contributed by atoms with Crippen molar-refractivity contribution in [2.75, 3.05) is 0 Å². The van der Waals surface area contributed by atoms with E-state index in [0.29, 0.717) is 0 Å². The van der Waals surface area contributed by atoms with E-state index in [1.165, 1.54) is 99.1 Å². The van der Waals surface area contributed by atoms with Gasteiger partial charge in [0.25, 0.3) is 0 Å². The van der Waals surface area contributed by atoms with E-state index in [0.717, 1.165) is 19.3 Å². The number of hydrogen-bond acceptors (Lipinski definition) is 0. The molecule has 9 aromatic carbocycles. The molecule has 0 aliphatic heterocycles. The topological polar surface area (TPSA) is 0 Å². The number of benzene rings is 9. The molecule has 0 amide bonds. The van der Waals surface area contributed by atoms with Gasteiger partial charge in [-0.25, -0.2) is 0 Å². The Morgan fingerprint density at radius 1 is 0.160 bits per heavy atom. The fourth-order valence-electron chi connectivity index (χ4n) is 8.80. The molecule has 408 valence electrons. The molecule has 3 aliphatic rings. The predicted molar refractivity (Wildman–Crippen MR) is 353 cm³/mol. The van der Waals surface area contributed by atoms with Crippen LogP contribution in [-0.2, 0) is 19.3 Å². The van der Waals surface area contributed by atoms with E-state index < -0.39 is 0 Å². The normalized spacial score (nSPS) is 9.44. The highest BCUT2D eigenvalue weighted by Gasteiger charge is 2.19. The summed E-state index contributed by atoms with van der Waals surface area (Å²) >= 11 is 0. The minimum Gasteiger partial charge on any atom is -0.0683 e. The van der Waals surface area contributed by atoms with Crippen LogP contribution in [0.25, 0.3) is 65.7 Å². The summed E-state index contributed by atoms with van der Waals surface area (Å²) in [6, 6.07) is 65.9. The molecule has 0 N–H and O–H groups in total. The SMILES string of the molecule is CC.CC.CC.CC.CC.CC.CC.CC.CC.CC.CC.CC.c1ccc2c(c1)Cc1cccc3cccc-2c13.c1ccc2c(c1)Cc1cccc3cccc-2c13.c1ccc2c(c1)Cc1cccc3cccc-2c13. The molecule has 0 nitrogen and oxygen atoms in total. The van der Waals surface area contributed by atoms with E-state index in [9.17, 15) is 0 Å². The van der Waals surface area contributed by atoms with Crippen molar-refractivity contribution in [2.45, 2.75) is 185 Å². The van der Waals surface area contributed by atoms with E-state index in [1.54, 1.807) is 0 Å². The molecule has 0 aromatic heterocycles. The van der Waals surface area contributed by atoms with Crippen LogP contribution in [0.3, 0.4) is 0 Å². The minimum absolute atomic E-state index is 1.06. The summed E-state index contributed by atoms with van der Waals surface area (Å²) in [4.78, 5) is 0. The maximum atomic E-state index is 2.25. The van der Waals surface area contributed by atoms with Crippen LogP contribution in [0.4, 0.5) is 0 Å². The van der Waals surface area contributed by atoms with Crippen LogP contribution in [-0.4, -0.2) is 0 Å². The largest absolute Gasteiger partial charge is 0.0683 e. The quantitative estimate of drug-likeness (QED) is 0.142. The van der Waals surface area contributed by atoms with Crippen molar-refractivity contribution in [1.82, 2.24) is 0 Å². The lowest BCUT2D eigenvalue weighted by Gasteiger charge is -2.20. The number of hydrogen-bond donors (Lipinski definition) is 0. The fourth-order valence-corrected chi connectivity index (χ4v) is 8.80. The Morgan fingerprint density at radius 2 is 0.320 bits per heavy atom. The molecule has 0 bridgehead atoms. The van der Waals surface area contributed by atoms with Crippen LogP contribution in [0, 0.1) is 0 Å². The first-order valence-electron chi connectivity index (χ1n) is 30.1. The Balaban J connectivity index is -0.000000863. The first-order chi connectivity index (χ1) is 37.3. The third-order valence-corrected chi connectivity index (χ3v) is 11.0. The lowest BCUT2D eigenvalue weighted by atomic mass is 9.84. The van der Waals surface area contributed by atoms with Gasteiger partial charge in [0.1, 0.15) is 0 Å². The van der Waals surface area contributed by atoms with Crippen molar-refractivity contribution < 1.29 is 0 Å². The summed E-state index contributed by atoms with van der Waals surface area (Å²) in [5, 5.41) is 8.38. The van der Waals surface area contributed by atoms with Gasteiger partial charge in [-0.2, -0.15) is 0 Å². The molecule has 0 saturated heterocycles. The van der Waals surface area contributed by atoms with Crippen LogP contribution >= 0.6 is 0 Å². The first kappa shape index (κ1) is 73.0. The van der Waals surface area contributed by atoms with Crippen LogP contribution < -0.4 is 0 Å². The second kappa shape index (κ2) is 46.3. The van der Waals surface area contributed by atoms with Crippen LogP contribution in [0.1, 0.15) is 200 Å². The molecule has 3 aliphatic carbocycles. The van der Waals surface area contributed by atoms with Gasteiger partial charge in [0.05, 0.1) is 0 Å². The summed E-state index contributed by atoms with van der Waals surface area (Å²) in [6.07, 6.45) is 3.18.